The highest BCUT2D eigenvalue weighted by atomic mass is 32.1. The van der Waals surface area contributed by atoms with Crippen LogP contribution in [-0.2, 0) is 9.59 Å². The summed E-state index contributed by atoms with van der Waals surface area (Å²) in [7, 11) is 0. The van der Waals surface area contributed by atoms with Crippen LogP contribution < -0.4 is 10.6 Å². The molecule has 2 N–H and O–H groups in total. The first-order valence-corrected chi connectivity index (χ1v) is 11.9. The third kappa shape index (κ3) is 3.75. The van der Waals surface area contributed by atoms with Crippen molar-refractivity contribution in [1.29, 1.82) is 0 Å². The number of carbonyl (C=O) groups is 2. The van der Waals surface area contributed by atoms with Gasteiger partial charge in [-0.25, -0.2) is 4.98 Å². The Morgan fingerprint density at radius 1 is 1.06 bits per heavy atom. The van der Waals surface area contributed by atoms with Crippen molar-refractivity contribution in [3.63, 3.8) is 0 Å². The van der Waals surface area contributed by atoms with Crippen molar-refractivity contribution in [3.05, 3.63) is 91.7 Å². The van der Waals surface area contributed by atoms with Gasteiger partial charge in [-0.1, -0.05) is 18.2 Å². The fourth-order valence-corrected chi connectivity index (χ4v) is 6.10. The number of amides is 1. The van der Waals surface area contributed by atoms with Crippen LogP contribution in [0.1, 0.15) is 41.4 Å². The van der Waals surface area contributed by atoms with Gasteiger partial charge in [0.1, 0.15) is 5.82 Å². The Kier molecular flexibility index (Phi) is 5.29. The van der Waals surface area contributed by atoms with Crippen molar-refractivity contribution in [3.8, 4) is 0 Å². The van der Waals surface area contributed by atoms with Crippen molar-refractivity contribution in [1.82, 2.24) is 10.3 Å². The van der Waals surface area contributed by atoms with Gasteiger partial charge in [0, 0.05) is 50.8 Å². The van der Waals surface area contributed by atoms with Crippen LogP contribution in [0.25, 0.3) is 0 Å². The third-order valence-electron chi connectivity index (χ3n) is 5.75. The molecule has 0 saturated heterocycles. The molecule has 31 heavy (non-hydrogen) atoms. The van der Waals surface area contributed by atoms with Gasteiger partial charge in [-0.05, 0) is 48.4 Å². The smallest absolute Gasteiger partial charge is 0.255 e. The van der Waals surface area contributed by atoms with Crippen LogP contribution in [0.3, 0.4) is 0 Å². The standard InChI is InChI=1S/C24H21N3O2S2/c1-14-21(24(29)27-20-8-2-3-9-25-20)23(19-7-5-11-31-19)22-16(26-14)12-15(13-17(22)28)18-6-4-10-30-18/h2-11,15,23,26H,12-13H2,1H3,(H,25,27,29)/t15-,23+/m1/s1. The third-order valence-corrected chi connectivity index (χ3v) is 7.72. The topological polar surface area (TPSA) is 71.1 Å². The Labute approximate surface area is 188 Å². The van der Waals surface area contributed by atoms with Gasteiger partial charge in [0.2, 0.25) is 0 Å². The molecule has 156 valence electrons. The monoisotopic (exact) mass is 447 g/mol. The van der Waals surface area contributed by atoms with Gasteiger partial charge < -0.3 is 10.6 Å². The van der Waals surface area contributed by atoms with E-state index in [9.17, 15) is 9.59 Å². The highest BCUT2D eigenvalue weighted by Crippen LogP contribution is 2.47. The zero-order valence-corrected chi connectivity index (χ0v) is 18.6. The Hall–Kier alpha value is -3.03. The maximum absolute atomic E-state index is 13.4. The number of nitrogens with zero attached hydrogens (tertiary/aromatic N) is 1. The molecule has 2 atom stereocenters. The van der Waals surface area contributed by atoms with E-state index in [2.05, 4.69) is 27.1 Å². The van der Waals surface area contributed by atoms with E-state index in [1.807, 2.05) is 36.6 Å². The molecule has 0 unspecified atom stereocenters. The summed E-state index contributed by atoms with van der Waals surface area (Å²) in [4.78, 5) is 33.2. The number of aromatic nitrogens is 1. The summed E-state index contributed by atoms with van der Waals surface area (Å²) in [5.41, 5.74) is 3.03. The number of allylic oxidation sites excluding steroid dienone is 3. The number of thiophene rings is 2. The van der Waals surface area contributed by atoms with Crippen molar-refractivity contribution >= 4 is 40.2 Å². The van der Waals surface area contributed by atoms with Gasteiger partial charge in [0.15, 0.2) is 5.78 Å². The summed E-state index contributed by atoms with van der Waals surface area (Å²) in [6.07, 6.45) is 2.88. The molecule has 3 aromatic heterocycles. The normalized spacial score (nSPS) is 21.0. The SMILES string of the molecule is CC1=C(C(=O)Nc2ccccn2)[C@H](c2cccs2)C2=C(C[C@@H](c3cccs3)CC2=O)N1. The summed E-state index contributed by atoms with van der Waals surface area (Å²) in [6.45, 7) is 1.91. The predicted octanol–water partition coefficient (Wildman–Crippen LogP) is 5.20. The van der Waals surface area contributed by atoms with E-state index in [0.29, 0.717) is 17.8 Å². The molecule has 5 rings (SSSR count). The largest absolute Gasteiger partial charge is 0.362 e. The number of hydrogen-bond donors (Lipinski definition) is 2. The second kappa shape index (κ2) is 8.24. The molecule has 4 heterocycles. The van der Waals surface area contributed by atoms with E-state index in [0.717, 1.165) is 28.3 Å². The van der Waals surface area contributed by atoms with Crippen LogP contribution in [0.2, 0.25) is 0 Å². The minimum atomic E-state index is -0.364. The minimum Gasteiger partial charge on any atom is -0.362 e. The lowest BCUT2D eigenvalue weighted by Crippen LogP contribution is -2.36. The molecule has 1 aliphatic heterocycles. The summed E-state index contributed by atoms with van der Waals surface area (Å²) < 4.78 is 0. The van der Waals surface area contributed by atoms with Crippen LogP contribution in [0.5, 0.6) is 0 Å². The molecule has 0 spiro atoms. The van der Waals surface area contributed by atoms with Crippen LogP contribution in [0, 0.1) is 0 Å². The number of pyridine rings is 1. The number of Topliss-reactive ketones (excluding diaryl/α,β-unsaturated/α-hetero) is 1. The molecule has 1 aliphatic carbocycles. The van der Waals surface area contributed by atoms with Gasteiger partial charge in [-0.2, -0.15) is 0 Å². The second-order valence-electron chi connectivity index (χ2n) is 7.72. The van der Waals surface area contributed by atoms with Crippen LogP contribution in [-0.4, -0.2) is 16.7 Å². The van der Waals surface area contributed by atoms with E-state index in [1.165, 1.54) is 4.88 Å². The molecule has 1 amide bonds. The molecule has 0 aromatic carbocycles. The zero-order valence-electron chi connectivity index (χ0n) is 16.9. The molecule has 0 radical (unpaired) electrons. The first-order chi connectivity index (χ1) is 15.1. The zero-order chi connectivity index (χ0) is 21.4. The van der Waals surface area contributed by atoms with Crippen molar-refractivity contribution in [2.75, 3.05) is 5.32 Å². The molecular formula is C24H21N3O2S2. The first-order valence-electron chi connectivity index (χ1n) is 10.1. The summed E-state index contributed by atoms with van der Waals surface area (Å²) in [6, 6.07) is 13.5. The van der Waals surface area contributed by atoms with Crippen LogP contribution in [0.4, 0.5) is 5.82 Å². The molecule has 2 aliphatic rings. The first kappa shape index (κ1) is 19.9. The lowest BCUT2D eigenvalue weighted by molar-refractivity contribution is -0.116. The average Bonchev–Trinajstić information content (AvgIpc) is 3.47. The van der Waals surface area contributed by atoms with Gasteiger partial charge in [0.25, 0.3) is 5.91 Å². The minimum absolute atomic E-state index is 0.112. The number of dihydropyridines is 1. The number of ketones is 1. The molecule has 7 heteroatoms. The van der Waals surface area contributed by atoms with E-state index >= 15 is 0 Å². The second-order valence-corrected chi connectivity index (χ2v) is 9.68. The molecule has 0 bridgehead atoms. The molecule has 0 fully saturated rings. The number of hydrogen-bond acceptors (Lipinski definition) is 6. The number of anilines is 1. The fraction of sp³-hybridized carbons (Fsp3) is 0.208. The molecule has 3 aromatic rings. The summed E-state index contributed by atoms with van der Waals surface area (Å²) >= 11 is 3.27. The van der Waals surface area contributed by atoms with E-state index in [-0.39, 0.29) is 23.5 Å². The fourth-order valence-electron chi connectivity index (χ4n) is 4.43. The lowest BCUT2D eigenvalue weighted by atomic mass is 9.74. The van der Waals surface area contributed by atoms with Gasteiger partial charge in [-0.15, -0.1) is 22.7 Å². The van der Waals surface area contributed by atoms with Crippen LogP contribution in [0.15, 0.2) is 82.0 Å². The highest BCUT2D eigenvalue weighted by Gasteiger charge is 2.41. The average molecular weight is 448 g/mol. The summed E-state index contributed by atoms with van der Waals surface area (Å²) in [5.74, 6) is 0.185. The van der Waals surface area contributed by atoms with E-state index < -0.39 is 0 Å². The highest BCUT2D eigenvalue weighted by molar-refractivity contribution is 7.10. The maximum Gasteiger partial charge on any atom is 0.255 e. The number of carbonyl (C=O) groups excluding carboxylic acids is 2. The number of nitrogens with one attached hydrogen (secondary N) is 2. The quantitative estimate of drug-likeness (QED) is 0.576. The maximum atomic E-state index is 13.4. The van der Waals surface area contributed by atoms with Crippen molar-refractivity contribution in [2.45, 2.75) is 31.6 Å². The molecule has 5 nitrogen and oxygen atoms in total. The predicted molar refractivity (Wildman–Crippen MR) is 124 cm³/mol. The summed E-state index contributed by atoms with van der Waals surface area (Å²) in [5, 5.41) is 10.4. The van der Waals surface area contributed by atoms with E-state index in [4.69, 9.17) is 0 Å². The Bertz CT molecular complexity index is 1180. The van der Waals surface area contributed by atoms with Gasteiger partial charge >= 0.3 is 0 Å². The van der Waals surface area contributed by atoms with Crippen LogP contribution >= 0.6 is 22.7 Å². The van der Waals surface area contributed by atoms with Gasteiger partial charge in [0.05, 0.1) is 5.92 Å². The van der Waals surface area contributed by atoms with Crippen molar-refractivity contribution < 1.29 is 9.59 Å². The Balaban J connectivity index is 1.54. The molecular weight excluding hydrogens is 426 g/mol. The van der Waals surface area contributed by atoms with E-state index in [1.54, 1.807) is 41.0 Å². The van der Waals surface area contributed by atoms with Gasteiger partial charge in [-0.3, -0.25) is 9.59 Å². The number of rotatable bonds is 4. The Morgan fingerprint density at radius 2 is 1.84 bits per heavy atom. The Morgan fingerprint density at radius 3 is 2.52 bits per heavy atom. The lowest BCUT2D eigenvalue weighted by Gasteiger charge is -2.36. The van der Waals surface area contributed by atoms with Crippen molar-refractivity contribution in [2.24, 2.45) is 0 Å². The molecule has 0 saturated carbocycles.